The molecule has 2 rings (SSSR count). The first-order valence-electron chi connectivity index (χ1n) is 4.91. The van der Waals surface area contributed by atoms with Gasteiger partial charge < -0.3 is 10.0 Å². The van der Waals surface area contributed by atoms with Gasteiger partial charge in [-0.25, -0.2) is 0 Å². The van der Waals surface area contributed by atoms with Crippen LogP contribution in [-0.4, -0.2) is 45.2 Å². The molecule has 0 saturated carbocycles. The highest BCUT2D eigenvalue weighted by Crippen LogP contribution is 2.20. The molecule has 1 N–H and O–H groups in total. The summed E-state index contributed by atoms with van der Waals surface area (Å²) in [5, 5.41) is 12.8. The second kappa shape index (κ2) is 4.24. The molecule has 0 bridgehead atoms. The van der Waals surface area contributed by atoms with E-state index in [2.05, 4.69) is 9.59 Å². The van der Waals surface area contributed by atoms with Crippen molar-refractivity contribution in [2.75, 3.05) is 19.7 Å². The molecule has 1 aliphatic rings. The Kier molecular flexibility index (Phi) is 2.97. The highest BCUT2D eigenvalue weighted by molar-refractivity contribution is 7.07. The predicted molar refractivity (Wildman–Crippen MR) is 55.7 cm³/mol. The SMILES string of the molecule is Cc1nnsc1C(=O)N1CCC(CO)C1. The third-order valence-electron chi connectivity index (χ3n) is 2.68. The van der Waals surface area contributed by atoms with E-state index in [1.165, 1.54) is 0 Å². The van der Waals surface area contributed by atoms with Crippen molar-refractivity contribution < 1.29 is 9.90 Å². The summed E-state index contributed by atoms with van der Waals surface area (Å²) in [7, 11) is 0. The number of hydrogen-bond donors (Lipinski definition) is 1. The van der Waals surface area contributed by atoms with Crippen LogP contribution in [0.5, 0.6) is 0 Å². The fourth-order valence-electron chi connectivity index (χ4n) is 1.74. The largest absolute Gasteiger partial charge is 0.396 e. The van der Waals surface area contributed by atoms with Crippen molar-refractivity contribution in [2.24, 2.45) is 5.92 Å². The van der Waals surface area contributed by atoms with Crippen molar-refractivity contribution in [2.45, 2.75) is 13.3 Å². The lowest BCUT2D eigenvalue weighted by atomic mass is 10.1. The predicted octanol–water partition coefficient (Wildman–Crippen LogP) is 0.301. The Morgan fingerprint density at radius 2 is 2.53 bits per heavy atom. The minimum atomic E-state index is -0.00144. The van der Waals surface area contributed by atoms with E-state index < -0.39 is 0 Å². The normalized spacial score (nSPS) is 20.9. The zero-order valence-corrected chi connectivity index (χ0v) is 9.33. The third-order valence-corrected chi connectivity index (χ3v) is 3.49. The topological polar surface area (TPSA) is 66.3 Å². The van der Waals surface area contributed by atoms with Crippen molar-refractivity contribution in [3.8, 4) is 0 Å². The summed E-state index contributed by atoms with van der Waals surface area (Å²) in [6.07, 6.45) is 0.882. The summed E-state index contributed by atoms with van der Waals surface area (Å²) in [4.78, 5) is 14.4. The average molecular weight is 227 g/mol. The molecular weight excluding hydrogens is 214 g/mol. The van der Waals surface area contributed by atoms with Gasteiger partial charge in [0.25, 0.3) is 5.91 Å². The minimum Gasteiger partial charge on any atom is -0.396 e. The maximum absolute atomic E-state index is 12.0. The van der Waals surface area contributed by atoms with Crippen molar-refractivity contribution in [1.29, 1.82) is 0 Å². The minimum absolute atomic E-state index is 0.00144. The van der Waals surface area contributed by atoms with Crippen LogP contribution in [0.15, 0.2) is 0 Å². The van der Waals surface area contributed by atoms with E-state index in [4.69, 9.17) is 5.11 Å². The van der Waals surface area contributed by atoms with E-state index >= 15 is 0 Å². The third kappa shape index (κ3) is 2.00. The number of carbonyl (C=O) groups is 1. The van der Waals surface area contributed by atoms with Gasteiger partial charge in [0.1, 0.15) is 4.88 Å². The quantitative estimate of drug-likeness (QED) is 0.789. The molecule has 82 valence electrons. The second-order valence-electron chi connectivity index (χ2n) is 3.78. The van der Waals surface area contributed by atoms with Crippen molar-refractivity contribution >= 4 is 17.4 Å². The highest BCUT2D eigenvalue weighted by atomic mass is 32.1. The number of likely N-dealkylation sites (tertiary alicyclic amines) is 1. The van der Waals surface area contributed by atoms with Crippen LogP contribution in [0.3, 0.4) is 0 Å². The molecule has 1 unspecified atom stereocenters. The fourth-order valence-corrected chi connectivity index (χ4v) is 2.36. The van der Waals surface area contributed by atoms with Crippen LogP contribution < -0.4 is 0 Å². The number of amides is 1. The maximum Gasteiger partial charge on any atom is 0.267 e. The van der Waals surface area contributed by atoms with Crippen LogP contribution in [0.2, 0.25) is 0 Å². The van der Waals surface area contributed by atoms with Crippen molar-refractivity contribution in [3.05, 3.63) is 10.6 Å². The van der Waals surface area contributed by atoms with Crippen LogP contribution in [0.1, 0.15) is 21.8 Å². The van der Waals surface area contributed by atoms with Gasteiger partial charge in [0.15, 0.2) is 0 Å². The number of carbonyl (C=O) groups excluding carboxylic acids is 1. The lowest BCUT2D eigenvalue weighted by Gasteiger charge is -2.14. The van der Waals surface area contributed by atoms with E-state index in [1.54, 1.807) is 11.8 Å². The molecule has 0 aliphatic carbocycles. The Labute approximate surface area is 91.9 Å². The van der Waals surface area contributed by atoms with Gasteiger partial charge in [0.2, 0.25) is 0 Å². The molecule has 2 heterocycles. The molecule has 1 aromatic rings. The van der Waals surface area contributed by atoms with Crippen LogP contribution in [0.4, 0.5) is 0 Å². The average Bonchev–Trinajstić information content (AvgIpc) is 2.84. The molecule has 6 heteroatoms. The van der Waals surface area contributed by atoms with Gasteiger partial charge in [-0.15, -0.1) is 5.10 Å². The summed E-state index contributed by atoms with van der Waals surface area (Å²) in [5.74, 6) is 0.230. The lowest BCUT2D eigenvalue weighted by Crippen LogP contribution is -2.29. The van der Waals surface area contributed by atoms with Crippen LogP contribution >= 0.6 is 11.5 Å². The summed E-state index contributed by atoms with van der Waals surface area (Å²) in [6.45, 7) is 3.31. The molecule has 5 nitrogen and oxygen atoms in total. The van der Waals surface area contributed by atoms with Crippen molar-refractivity contribution in [3.63, 3.8) is 0 Å². The van der Waals surface area contributed by atoms with E-state index in [-0.39, 0.29) is 18.4 Å². The van der Waals surface area contributed by atoms with Crippen molar-refractivity contribution in [1.82, 2.24) is 14.5 Å². The lowest BCUT2D eigenvalue weighted by molar-refractivity contribution is 0.0785. The van der Waals surface area contributed by atoms with Gasteiger partial charge in [0, 0.05) is 25.6 Å². The maximum atomic E-state index is 12.0. The Bertz CT molecular complexity index is 366. The van der Waals surface area contributed by atoms with Gasteiger partial charge >= 0.3 is 0 Å². The van der Waals surface area contributed by atoms with Gasteiger partial charge in [-0.2, -0.15) is 0 Å². The molecule has 1 aromatic heterocycles. The van der Waals surface area contributed by atoms with Gasteiger partial charge in [-0.3, -0.25) is 4.79 Å². The van der Waals surface area contributed by atoms with Crippen LogP contribution in [0.25, 0.3) is 0 Å². The molecule has 0 radical (unpaired) electrons. The Morgan fingerprint density at radius 3 is 3.07 bits per heavy atom. The van der Waals surface area contributed by atoms with E-state index in [0.29, 0.717) is 17.1 Å². The molecule has 1 amide bonds. The first-order valence-corrected chi connectivity index (χ1v) is 5.68. The second-order valence-corrected chi connectivity index (χ2v) is 4.53. The monoisotopic (exact) mass is 227 g/mol. The fraction of sp³-hybridized carbons (Fsp3) is 0.667. The molecule has 1 atom stereocenters. The van der Waals surface area contributed by atoms with Gasteiger partial charge in [-0.1, -0.05) is 4.49 Å². The van der Waals surface area contributed by atoms with Crippen LogP contribution in [0, 0.1) is 12.8 Å². The molecule has 1 fully saturated rings. The number of aromatic nitrogens is 2. The first kappa shape index (κ1) is 10.5. The standard InChI is InChI=1S/C9H13N3O2S/c1-6-8(15-11-10-6)9(14)12-3-2-7(4-12)5-13/h7,13H,2-5H2,1H3. The summed E-state index contributed by atoms with van der Waals surface area (Å²) in [5.41, 5.74) is 0.692. The van der Waals surface area contributed by atoms with Gasteiger partial charge in [-0.05, 0) is 24.9 Å². The Balaban J connectivity index is 2.07. The summed E-state index contributed by atoms with van der Waals surface area (Å²) < 4.78 is 3.75. The number of aliphatic hydroxyl groups is 1. The first-order chi connectivity index (χ1) is 7.22. The number of aryl methyl sites for hydroxylation is 1. The molecular formula is C9H13N3O2S. The van der Waals surface area contributed by atoms with E-state index in [9.17, 15) is 4.79 Å². The Morgan fingerprint density at radius 1 is 1.73 bits per heavy atom. The summed E-state index contributed by atoms with van der Waals surface area (Å²) >= 11 is 1.14. The number of nitrogens with zero attached hydrogens (tertiary/aromatic N) is 3. The smallest absolute Gasteiger partial charge is 0.267 e. The number of rotatable bonds is 2. The molecule has 0 spiro atoms. The number of hydrogen-bond acceptors (Lipinski definition) is 5. The Hall–Kier alpha value is -1.01. The van der Waals surface area contributed by atoms with Gasteiger partial charge in [0.05, 0.1) is 5.69 Å². The molecule has 1 aliphatic heterocycles. The van der Waals surface area contributed by atoms with Crippen LogP contribution in [-0.2, 0) is 0 Å². The molecule has 0 aromatic carbocycles. The zero-order valence-electron chi connectivity index (χ0n) is 8.51. The van der Waals surface area contributed by atoms with E-state index in [0.717, 1.165) is 24.5 Å². The number of aliphatic hydroxyl groups excluding tert-OH is 1. The summed E-state index contributed by atoms with van der Waals surface area (Å²) in [6, 6.07) is 0. The zero-order chi connectivity index (χ0) is 10.8. The highest BCUT2D eigenvalue weighted by Gasteiger charge is 2.28. The molecule has 1 saturated heterocycles. The molecule has 15 heavy (non-hydrogen) atoms. The van der Waals surface area contributed by atoms with E-state index in [1.807, 2.05) is 0 Å².